The van der Waals surface area contributed by atoms with Gasteiger partial charge in [-0.3, -0.25) is 4.90 Å². The summed E-state index contributed by atoms with van der Waals surface area (Å²) in [5.41, 5.74) is 2.21. The van der Waals surface area contributed by atoms with E-state index in [4.69, 9.17) is 9.40 Å². The fourth-order valence-corrected chi connectivity index (χ4v) is 5.58. The molecular formula is C26H27F3N6O2. The predicted octanol–water partition coefficient (Wildman–Crippen LogP) is 5.54. The van der Waals surface area contributed by atoms with Gasteiger partial charge in [-0.05, 0) is 49.9 Å². The van der Waals surface area contributed by atoms with Crippen LogP contribution in [-0.4, -0.2) is 54.4 Å². The molecule has 2 amide bonds. The summed E-state index contributed by atoms with van der Waals surface area (Å²) in [5, 5.41) is 3.00. The van der Waals surface area contributed by atoms with Crippen molar-refractivity contribution in [3.8, 4) is 11.3 Å². The Kier molecular flexibility index (Phi) is 5.92. The number of benzene rings is 1. The van der Waals surface area contributed by atoms with Crippen LogP contribution in [0.2, 0.25) is 0 Å². The molecule has 4 aliphatic heterocycles. The number of urea groups is 1. The third-order valence-corrected chi connectivity index (χ3v) is 7.50. The highest BCUT2D eigenvalue weighted by Crippen LogP contribution is 2.41. The zero-order valence-electron chi connectivity index (χ0n) is 20.1. The highest BCUT2D eigenvalue weighted by Gasteiger charge is 2.43. The lowest BCUT2D eigenvalue weighted by atomic mass is 9.97. The molecule has 194 valence electrons. The van der Waals surface area contributed by atoms with Gasteiger partial charge in [-0.25, -0.2) is 14.8 Å². The van der Waals surface area contributed by atoms with Crippen molar-refractivity contribution in [2.24, 2.45) is 5.92 Å². The summed E-state index contributed by atoms with van der Waals surface area (Å²) in [6.07, 6.45) is 0.874. The maximum absolute atomic E-state index is 13.7. The number of piperidine rings is 2. The van der Waals surface area contributed by atoms with E-state index in [1.807, 2.05) is 24.3 Å². The van der Waals surface area contributed by atoms with E-state index in [2.05, 4.69) is 15.2 Å². The Balaban J connectivity index is 1.31. The summed E-state index contributed by atoms with van der Waals surface area (Å²) >= 11 is 0. The Hall–Kier alpha value is -3.76. The van der Waals surface area contributed by atoms with Crippen LogP contribution in [-0.2, 0) is 0 Å². The first-order valence-corrected chi connectivity index (χ1v) is 12.5. The number of pyridine rings is 1. The summed E-state index contributed by atoms with van der Waals surface area (Å²) < 4.78 is 45.7. The zero-order chi connectivity index (χ0) is 25.6. The molecule has 1 N–H and O–H groups in total. The number of anilines is 4. The second-order valence-corrected chi connectivity index (χ2v) is 9.80. The fourth-order valence-electron chi connectivity index (χ4n) is 5.58. The average molecular weight is 513 g/mol. The normalized spacial score (nSPS) is 20.1. The van der Waals surface area contributed by atoms with E-state index in [1.165, 1.54) is 6.39 Å². The molecule has 37 heavy (non-hydrogen) atoms. The predicted molar refractivity (Wildman–Crippen MR) is 134 cm³/mol. The van der Waals surface area contributed by atoms with Gasteiger partial charge in [0.1, 0.15) is 5.82 Å². The third-order valence-electron chi connectivity index (χ3n) is 7.50. The van der Waals surface area contributed by atoms with Crippen LogP contribution in [0, 0.1) is 5.92 Å². The minimum Gasteiger partial charge on any atom is -0.444 e. The van der Waals surface area contributed by atoms with Crippen molar-refractivity contribution < 1.29 is 22.4 Å². The molecule has 1 aromatic carbocycles. The van der Waals surface area contributed by atoms with E-state index >= 15 is 0 Å². The van der Waals surface area contributed by atoms with Crippen LogP contribution in [0.3, 0.4) is 0 Å². The number of fused-ring (bicyclic) bond motifs is 2. The molecular weight excluding hydrogens is 485 g/mol. The van der Waals surface area contributed by atoms with Crippen molar-refractivity contribution in [2.45, 2.75) is 37.9 Å². The number of carbonyl (C=O) groups is 1. The SMILES string of the molecule is O=C(Nc1cccc(-c2cnco2)c1)N1c2nc(N3CCC[C@@H](C(F)(F)F)C3)ccc2N2CCC1CC2. The number of carbonyl (C=O) groups excluding carboxylic acids is 1. The van der Waals surface area contributed by atoms with E-state index in [-0.39, 0.29) is 25.0 Å². The lowest BCUT2D eigenvalue weighted by Gasteiger charge is -2.35. The van der Waals surface area contributed by atoms with Gasteiger partial charge in [-0.15, -0.1) is 0 Å². The molecule has 0 unspecified atom stereocenters. The maximum atomic E-state index is 13.7. The van der Waals surface area contributed by atoms with Gasteiger partial charge in [-0.1, -0.05) is 12.1 Å². The summed E-state index contributed by atoms with van der Waals surface area (Å²) in [4.78, 5) is 28.1. The second-order valence-electron chi connectivity index (χ2n) is 9.80. The summed E-state index contributed by atoms with van der Waals surface area (Å²) in [7, 11) is 0. The molecule has 1 atom stereocenters. The Labute approximate surface area is 212 Å². The number of hydrogen-bond acceptors (Lipinski definition) is 6. The number of amides is 2. The Morgan fingerprint density at radius 3 is 2.65 bits per heavy atom. The number of aromatic nitrogens is 2. The Morgan fingerprint density at radius 2 is 1.89 bits per heavy atom. The van der Waals surface area contributed by atoms with Crippen LogP contribution >= 0.6 is 0 Å². The van der Waals surface area contributed by atoms with Gasteiger partial charge in [0.05, 0.1) is 17.8 Å². The number of alkyl halides is 3. The van der Waals surface area contributed by atoms with E-state index in [1.54, 1.807) is 28.1 Å². The van der Waals surface area contributed by atoms with Gasteiger partial charge in [0.2, 0.25) is 0 Å². The fraction of sp³-hybridized carbons (Fsp3) is 0.423. The summed E-state index contributed by atoms with van der Waals surface area (Å²) in [5.74, 6) is 0.182. The Bertz CT molecular complexity index is 1270. The van der Waals surface area contributed by atoms with Crippen LogP contribution in [0.15, 0.2) is 53.4 Å². The molecule has 11 heteroatoms. The van der Waals surface area contributed by atoms with Crippen molar-refractivity contribution >= 4 is 29.0 Å². The van der Waals surface area contributed by atoms with Gasteiger partial charge in [0.15, 0.2) is 18.0 Å². The minimum atomic E-state index is -4.23. The first-order chi connectivity index (χ1) is 17.9. The first-order valence-electron chi connectivity index (χ1n) is 12.5. The minimum absolute atomic E-state index is 0.0537. The molecule has 2 bridgehead atoms. The van der Waals surface area contributed by atoms with Gasteiger partial charge in [0, 0.05) is 43.5 Å². The molecule has 0 saturated carbocycles. The molecule has 8 nitrogen and oxygen atoms in total. The van der Waals surface area contributed by atoms with Gasteiger partial charge in [0.25, 0.3) is 0 Å². The quantitative estimate of drug-likeness (QED) is 0.497. The summed E-state index contributed by atoms with van der Waals surface area (Å²) in [6, 6.07) is 10.6. The highest BCUT2D eigenvalue weighted by atomic mass is 19.4. The van der Waals surface area contributed by atoms with Crippen LogP contribution in [0.4, 0.5) is 41.0 Å². The molecule has 4 aliphatic rings. The molecule has 0 spiro atoms. The second kappa shape index (κ2) is 9.28. The van der Waals surface area contributed by atoms with Crippen LogP contribution in [0.5, 0.6) is 0 Å². The van der Waals surface area contributed by atoms with E-state index in [9.17, 15) is 18.0 Å². The highest BCUT2D eigenvalue weighted by molar-refractivity contribution is 6.04. The molecule has 6 heterocycles. The maximum Gasteiger partial charge on any atom is 0.393 e. The van der Waals surface area contributed by atoms with Crippen molar-refractivity contribution in [2.75, 3.05) is 46.2 Å². The number of oxazole rings is 1. The van der Waals surface area contributed by atoms with Crippen molar-refractivity contribution in [3.63, 3.8) is 0 Å². The lowest BCUT2D eigenvalue weighted by Crippen LogP contribution is -2.46. The standard InChI is InChI=1S/C26H27F3N6O2/c27-26(28,29)18-4-2-10-34(15-18)23-7-6-21-24(32-23)35(20-8-11-33(21)12-9-20)25(36)31-19-5-1-3-17(13-19)22-14-30-16-37-22/h1,3,5-7,13-14,16,18,20H,2,4,8-12,15H2,(H,31,36)/t18-/m1/s1. The van der Waals surface area contributed by atoms with Gasteiger partial charge < -0.3 is 19.5 Å². The zero-order valence-corrected chi connectivity index (χ0v) is 20.1. The molecule has 2 saturated heterocycles. The molecule has 2 fully saturated rings. The monoisotopic (exact) mass is 512 g/mol. The smallest absolute Gasteiger partial charge is 0.393 e. The number of halogens is 3. The average Bonchev–Trinajstić information content (AvgIpc) is 3.34. The van der Waals surface area contributed by atoms with E-state index in [0.29, 0.717) is 36.0 Å². The molecule has 0 aliphatic carbocycles. The Morgan fingerprint density at radius 1 is 1.05 bits per heavy atom. The van der Waals surface area contributed by atoms with Crippen LogP contribution in [0.25, 0.3) is 11.3 Å². The van der Waals surface area contributed by atoms with E-state index < -0.39 is 12.1 Å². The molecule has 7 rings (SSSR count). The first kappa shape index (κ1) is 23.6. The van der Waals surface area contributed by atoms with E-state index in [0.717, 1.165) is 37.2 Å². The number of nitrogens with one attached hydrogen (secondary N) is 1. The summed E-state index contributed by atoms with van der Waals surface area (Å²) in [6.45, 7) is 1.97. The number of hydrogen-bond donors (Lipinski definition) is 1. The van der Waals surface area contributed by atoms with Gasteiger partial charge in [-0.2, -0.15) is 13.2 Å². The lowest BCUT2D eigenvalue weighted by molar-refractivity contribution is -0.176. The number of rotatable bonds is 3. The van der Waals surface area contributed by atoms with Crippen molar-refractivity contribution in [1.82, 2.24) is 9.97 Å². The molecule has 0 radical (unpaired) electrons. The molecule has 3 aromatic rings. The largest absolute Gasteiger partial charge is 0.444 e. The van der Waals surface area contributed by atoms with Gasteiger partial charge >= 0.3 is 12.2 Å². The third kappa shape index (κ3) is 4.58. The van der Waals surface area contributed by atoms with Crippen molar-refractivity contribution in [3.05, 3.63) is 49.0 Å². The number of nitrogens with zero attached hydrogens (tertiary/aromatic N) is 5. The molecule has 2 aromatic heterocycles. The van der Waals surface area contributed by atoms with Crippen LogP contribution < -0.4 is 20.0 Å². The van der Waals surface area contributed by atoms with Crippen molar-refractivity contribution in [1.29, 1.82) is 0 Å². The van der Waals surface area contributed by atoms with Crippen LogP contribution in [0.1, 0.15) is 25.7 Å². The topological polar surface area (TPSA) is 77.7 Å².